The van der Waals surface area contributed by atoms with Gasteiger partial charge in [-0.05, 0) is 34.2 Å². The lowest BCUT2D eigenvalue weighted by Gasteiger charge is -2.08. The fraction of sp³-hybridized carbons (Fsp3) is 0.667. The second kappa shape index (κ2) is 4.32. The van der Waals surface area contributed by atoms with Gasteiger partial charge in [-0.1, -0.05) is 20.8 Å². The highest BCUT2D eigenvalue weighted by atomic mass is 79.9. The molecular formula is C12H18BrN3. The Morgan fingerprint density at radius 2 is 2.25 bits per heavy atom. The molecule has 1 heterocycles. The average Bonchev–Trinajstić information content (AvgIpc) is 2.87. The van der Waals surface area contributed by atoms with Gasteiger partial charge in [0.15, 0.2) is 0 Å². The van der Waals surface area contributed by atoms with Crippen molar-refractivity contribution in [3.8, 4) is 0 Å². The van der Waals surface area contributed by atoms with E-state index in [1.165, 1.54) is 6.42 Å². The van der Waals surface area contributed by atoms with Gasteiger partial charge in [-0.2, -0.15) is 0 Å². The Morgan fingerprint density at radius 3 is 2.81 bits per heavy atom. The summed E-state index contributed by atoms with van der Waals surface area (Å²) >= 11 is 3.47. The molecule has 0 aliphatic heterocycles. The topological polar surface area (TPSA) is 37.8 Å². The summed E-state index contributed by atoms with van der Waals surface area (Å²) in [5, 5.41) is 3.32. The molecule has 88 valence electrons. The highest BCUT2D eigenvalue weighted by molar-refractivity contribution is 9.10. The number of hydrogen-bond acceptors (Lipinski definition) is 3. The Balaban J connectivity index is 2.16. The first-order valence-electron chi connectivity index (χ1n) is 5.81. The summed E-state index contributed by atoms with van der Waals surface area (Å²) in [5.41, 5.74) is 0.385. The van der Waals surface area contributed by atoms with Crippen molar-refractivity contribution >= 4 is 21.7 Å². The quantitative estimate of drug-likeness (QED) is 0.918. The third kappa shape index (κ3) is 2.37. The maximum Gasteiger partial charge on any atom is 0.144 e. The Hall–Kier alpha value is -0.640. The Bertz CT molecular complexity index is 390. The van der Waals surface area contributed by atoms with E-state index < -0.39 is 0 Å². The third-order valence-corrected chi connectivity index (χ3v) is 3.71. The molecule has 0 aromatic carbocycles. The summed E-state index contributed by atoms with van der Waals surface area (Å²) in [6.45, 7) is 7.63. The van der Waals surface area contributed by atoms with Gasteiger partial charge >= 0.3 is 0 Å². The van der Waals surface area contributed by atoms with Crippen LogP contribution < -0.4 is 5.32 Å². The minimum absolute atomic E-state index is 0.385. The smallest absolute Gasteiger partial charge is 0.144 e. The number of nitrogens with one attached hydrogen (secondary N) is 1. The van der Waals surface area contributed by atoms with Crippen LogP contribution in [0.4, 0.5) is 5.82 Å². The molecule has 0 radical (unpaired) electrons. The molecule has 0 saturated heterocycles. The molecule has 2 rings (SSSR count). The standard InChI is InChI=1S/C12H18BrN3/c1-4-5-14-11-9(13)7-15-10(16-11)8-6-12(8,2)3/h7-8H,4-6H2,1-3H3,(H,14,15,16). The number of aromatic nitrogens is 2. The first-order chi connectivity index (χ1) is 7.54. The first kappa shape index (κ1) is 11.8. The van der Waals surface area contributed by atoms with Crippen LogP contribution >= 0.6 is 15.9 Å². The van der Waals surface area contributed by atoms with Crippen LogP contribution in [0.1, 0.15) is 45.4 Å². The third-order valence-electron chi connectivity index (χ3n) is 3.13. The van der Waals surface area contributed by atoms with Crippen molar-refractivity contribution in [3.63, 3.8) is 0 Å². The molecule has 0 spiro atoms. The summed E-state index contributed by atoms with van der Waals surface area (Å²) in [4.78, 5) is 9.00. The lowest BCUT2D eigenvalue weighted by molar-refractivity contribution is 0.608. The molecule has 1 unspecified atom stereocenters. The van der Waals surface area contributed by atoms with Gasteiger partial charge in [0.05, 0.1) is 4.47 Å². The predicted molar refractivity (Wildman–Crippen MR) is 69.7 cm³/mol. The number of rotatable bonds is 4. The van der Waals surface area contributed by atoms with Crippen LogP contribution in [0.15, 0.2) is 10.7 Å². The van der Waals surface area contributed by atoms with Crippen LogP contribution in [-0.4, -0.2) is 16.5 Å². The Kier molecular flexibility index (Phi) is 3.19. The van der Waals surface area contributed by atoms with Crippen molar-refractivity contribution < 1.29 is 0 Å². The van der Waals surface area contributed by atoms with E-state index in [1.807, 2.05) is 6.20 Å². The molecule has 1 fully saturated rings. The number of nitrogens with zero attached hydrogens (tertiary/aromatic N) is 2. The van der Waals surface area contributed by atoms with E-state index in [-0.39, 0.29) is 0 Å². The van der Waals surface area contributed by atoms with E-state index in [4.69, 9.17) is 0 Å². The molecular weight excluding hydrogens is 266 g/mol. The largest absolute Gasteiger partial charge is 0.369 e. The van der Waals surface area contributed by atoms with Crippen molar-refractivity contribution in [2.24, 2.45) is 5.41 Å². The molecule has 1 aromatic heterocycles. The highest BCUT2D eigenvalue weighted by Gasteiger charge is 2.48. The van der Waals surface area contributed by atoms with E-state index in [0.29, 0.717) is 11.3 Å². The zero-order chi connectivity index (χ0) is 11.8. The van der Waals surface area contributed by atoms with Crippen LogP contribution in [-0.2, 0) is 0 Å². The van der Waals surface area contributed by atoms with Crippen LogP contribution in [0, 0.1) is 5.41 Å². The van der Waals surface area contributed by atoms with Gasteiger partial charge in [0, 0.05) is 18.7 Å². The molecule has 1 N–H and O–H groups in total. The fourth-order valence-corrected chi connectivity index (χ4v) is 2.16. The highest BCUT2D eigenvalue weighted by Crippen LogP contribution is 2.57. The molecule has 0 bridgehead atoms. The van der Waals surface area contributed by atoms with Gasteiger partial charge in [0.1, 0.15) is 11.6 Å². The van der Waals surface area contributed by atoms with E-state index >= 15 is 0 Å². The lowest BCUT2D eigenvalue weighted by atomic mass is 10.1. The van der Waals surface area contributed by atoms with E-state index in [2.05, 4.69) is 52.0 Å². The van der Waals surface area contributed by atoms with E-state index in [0.717, 1.165) is 29.1 Å². The summed E-state index contributed by atoms with van der Waals surface area (Å²) < 4.78 is 0.947. The summed E-state index contributed by atoms with van der Waals surface area (Å²) in [6.07, 6.45) is 4.15. The Morgan fingerprint density at radius 1 is 1.56 bits per heavy atom. The molecule has 1 aromatic rings. The van der Waals surface area contributed by atoms with Gasteiger partial charge in [0.2, 0.25) is 0 Å². The van der Waals surface area contributed by atoms with Crippen molar-refractivity contribution in [1.29, 1.82) is 0 Å². The maximum atomic E-state index is 4.60. The van der Waals surface area contributed by atoms with Gasteiger partial charge < -0.3 is 5.32 Å². The predicted octanol–water partition coefficient (Wildman–Crippen LogP) is 3.57. The van der Waals surface area contributed by atoms with E-state index in [9.17, 15) is 0 Å². The second-order valence-electron chi connectivity index (χ2n) is 5.10. The van der Waals surface area contributed by atoms with Gasteiger partial charge in [-0.25, -0.2) is 9.97 Å². The van der Waals surface area contributed by atoms with Crippen LogP contribution in [0.3, 0.4) is 0 Å². The van der Waals surface area contributed by atoms with Crippen molar-refractivity contribution in [1.82, 2.24) is 9.97 Å². The molecule has 1 aliphatic rings. The van der Waals surface area contributed by atoms with Crippen molar-refractivity contribution in [2.75, 3.05) is 11.9 Å². The number of anilines is 1. The average molecular weight is 284 g/mol. The molecule has 0 amide bonds. The number of hydrogen-bond donors (Lipinski definition) is 1. The fourth-order valence-electron chi connectivity index (χ4n) is 1.82. The zero-order valence-corrected chi connectivity index (χ0v) is 11.6. The van der Waals surface area contributed by atoms with Crippen LogP contribution in [0.5, 0.6) is 0 Å². The van der Waals surface area contributed by atoms with E-state index in [1.54, 1.807) is 0 Å². The molecule has 4 heteroatoms. The van der Waals surface area contributed by atoms with Gasteiger partial charge in [-0.15, -0.1) is 0 Å². The second-order valence-corrected chi connectivity index (χ2v) is 5.95. The monoisotopic (exact) mass is 283 g/mol. The Labute approximate surface area is 105 Å². The molecule has 3 nitrogen and oxygen atoms in total. The zero-order valence-electron chi connectivity index (χ0n) is 10.0. The van der Waals surface area contributed by atoms with Crippen LogP contribution in [0.25, 0.3) is 0 Å². The van der Waals surface area contributed by atoms with Gasteiger partial charge in [0.25, 0.3) is 0 Å². The molecule has 1 atom stereocenters. The van der Waals surface area contributed by atoms with Crippen molar-refractivity contribution in [2.45, 2.75) is 39.5 Å². The molecule has 16 heavy (non-hydrogen) atoms. The SMILES string of the molecule is CCCNc1nc(C2CC2(C)C)ncc1Br. The summed E-state index contributed by atoms with van der Waals surface area (Å²) in [6, 6.07) is 0. The number of halogens is 1. The molecule has 1 saturated carbocycles. The van der Waals surface area contributed by atoms with Gasteiger partial charge in [-0.3, -0.25) is 0 Å². The maximum absolute atomic E-state index is 4.60. The summed E-state index contributed by atoms with van der Waals surface area (Å²) in [5.74, 6) is 2.43. The minimum Gasteiger partial charge on any atom is -0.369 e. The molecule has 1 aliphatic carbocycles. The first-order valence-corrected chi connectivity index (χ1v) is 6.60. The van der Waals surface area contributed by atoms with Crippen molar-refractivity contribution in [3.05, 3.63) is 16.5 Å². The van der Waals surface area contributed by atoms with Crippen LogP contribution in [0.2, 0.25) is 0 Å². The minimum atomic E-state index is 0.385. The lowest BCUT2D eigenvalue weighted by Crippen LogP contribution is -2.06. The summed E-state index contributed by atoms with van der Waals surface area (Å²) in [7, 11) is 0. The normalized spacial score (nSPS) is 21.9.